The van der Waals surface area contributed by atoms with Crippen LogP contribution < -0.4 is 5.32 Å². The Labute approximate surface area is 120 Å². The highest BCUT2D eigenvalue weighted by atomic mass is 15.5. The Balaban J connectivity index is 1.79. The molecule has 0 atom stereocenters. The SMILES string of the molecule is CCn1nc(CNC2CCCC2)c(-c2ccccc2)n1. The molecule has 4 nitrogen and oxygen atoms in total. The van der Waals surface area contributed by atoms with Crippen LogP contribution in [-0.4, -0.2) is 21.0 Å². The number of nitrogens with zero attached hydrogens (tertiary/aromatic N) is 3. The number of nitrogens with one attached hydrogen (secondary N) is 1. The van der Waals surface area contributed by atoms with Crippen LogP contribution >= 0.6 is 0 Å². The fraction of sp³-hybridized carbons (Fsp3) is 0.500. The summed E-state index contributed by atoms with van der Waals surface area (Å²) in [4.78, 5) is 1.79. The van der Waals surface area contributed by atoms with Gasteiger partial charge in [-0.15, -0.1) is 0 Å². The zero-order valence-corrected chi connectivity index (χ0v) is 12.0. The molecule has 20 heavy (non-hydrogen) atoms. The van der Waals surface area contributed by atoms with Crippen LogP contribution in [0.5, 0.6) is 0 Å². The van der Waals surface area contributed by atoms with Gasteiger partial charge in [0.05, 0.1) is 6.54 Å². The highest BCUT2D eigenvalue weighted by Crippen LogP contribution is 2.22. The molecule has 106 valence electrons. The smallest absolute Gasteiger partial charge is 0.117 e. The Kier molecular flexibility index (Phi) is 4.11. The molecule has 2 aromatic rings. The lowest BCUT2D eigenvalue weighted by atomic mass is 10.1. The molecule has 1 aromatic heterocycles. The van der Waals surface area contributed by atoms with E-state index in [0.717, 1.165) is 30.0 Å². The third-order valence-corrected chi connectivity index (χ3v) is 3.97. The molecule has 1 N–H and O–H groups in total. The fourth-order valence-corrected chi connectivity index (χ4v) is 2.83. The normalized spacial score (nSPS) is 15.8. The molecule has 3 rings (SSSR count). The molecule has 0 spiro atoms. The van der Waals surface area contributed by atoms with Gasteiger partial charge in [0, 0.05) is 18.2 Å². The van der Waals surface area contributed by atoms with Crippen LogP contribution in [0.2, 0.25) is 0 Å². The van der Waals surface area contributed by atoms with Crippen molar-refractivity contribution in [2.75, 3.05) is 0 Å². The second-order valence-corrected chi connectivity index (χ2v) is 5.41. The fourth-order valence-electron chi connectivity index (χ4n) is 2.83. The molecular weight excluding hydrogens is 248 g/mol. The van der Waals surface area contributed by atoms with Gasteiger partial charge < -0.3 is 5.32 Å². The Bertz CT molecular complexity index is 541. The summed E-state index contributed by atoms with van der Waals surface area (Å²) in [5.41, 5.74) is 3.22. The van der Waals surface area contributed by atoms with Crippen LogP contribution in [0.3, 0.4) is 0 Å². The molecule has 1 heterocycles. The van der Waals surface area contributed by atoms with Crippen LogP contribution in [0.25, 0.3) is 11.3 Å². The van der Waals surface area contributed by atoms with Crippen molar-refractivity contribution in [3.05, 3.63) is 36.0 Å². The van der Waals surface area contributed by atoms with Gasteiger partial charge in [0.25, 0.3) is 0 Å². The maximum absolute atomic E-state index is 4.61. The van der Waals surface area contributed by atoms with Gasteiger partial charge >= 0.3 is 0 Å². The average Bonchev–Trinajstić information content (AvgIpc) is 3.15. The van der Waals surface area contributed by atoms with Gasteiger partial charge in [0.2, 0.25) is 0 Å². The summed E-state index contributed by atoms with van der Waals surface area (Å²) in [6.45, 7) is 3.70. The molecule has 1 aliphatic rings. The molecule has 1 fully saturated rings. The zero-order chi connectivity index (χ0) is 13.8. The first-order valence-corrected chi connectivity index (χ1v) is 7.59. The molecule has 1 aliphatic carbocycles. The Morgan fingerprint density at radius 2 is 1.90 bits per heavy atom. The lowest BCUT2D eigenvalue weighted by molar-refractivity contribution is 0.509. The second-order valence-electron chi connectivity index (χ2n) is 5.41. The van der Waals surface area contributed by atoms with Gasteiger partial charge in [-0.25, -0.2) is 0 Å². The molecule has 0 amide bonds. The van der Waals surface area contributed by atoms with Crippen LogP contribution in [0.4, 0.5) is 0 Å². The number of rotatable bonds is 5. The Hall–Kier alpha value is -1.68. The first-order chi connectivity index (χ1) is 9.86. The molecule has 1 aromatic carbocycles. The summed E-state index contributed by atoms with van der Waals surface area (Å²) in [5, 5.41) is 12.8. The molecular formula is C16H22N4. The van der Waals surface area contributed by atoms with Crippen molar-refractivity contribution >= 4 is 0 Å². The van der Waals surface area contributed by atoms with Crippen LogP contribution in [-0.2, 0) is 13.1 Å². The van der Waals surface area contributed by atoms with Crippen molar-refractivity contribution in [1.82, 2.24) is 20.3 Å². The van der Waals surface area contributed by atoms with Crippen LogP contribution in [0, 0.1) is 0 Å². The molecule has 4 heteroatoms. The van der Waals surface area contributed by atoms with Crippen molar-refractivity contribution in [3.8, 4) is 11.3 Å². The minimum absolute atomic E-state index is 0.658. The van der Waals surface area contributed by atoms with E-state index < -0.39 is 0 Å². The first-order valence-electron chi connectivity index (χ1n) is 7.59. The van der Waals surface area contributed by atoms with Gasteiger partial charge in [-0.05, 0) is 19.8 Å². The van der Waals surface area contributed by atoms with Crippen molar-refractivity contribution in [2.45, 2.75) is 51.7 Å². The number of benzene rings is 1. The minimum Gasteiger partial charge on any atom is -0.308 e. The lowest BCUT2D eigenvalue weighted by Crippen LogP contribution is -2.25. The summed E-state index contributed by atoms with van der Waals surface area (Å²) in [6, 6.07) is 11.0. The Morgan fingerprint density at radius 3 is 2.60 bits per heavy atom. The summed E-state index contributed by atoms with van der Waals surface area (Å²) in [5.74, 6) is 0. The molecule has 0 saturated heterocycles. The average molecular weight is 270 g/mol. The number of hydrogen-bond donors (Lipinski definition) is 1. The van der Waals surface area contributed by atoms with E-state index in [1.165, 1.54) is 25.7 Å². The van der Waals surface area contributed by atoms with Crippen molar-refractivity contribution in [2.24, 2.45) is 0 Å². The van der Waals surface area contributed by atoms with E-state index in [-0.39, 0.29) is 0 Å². The first kappa shape index (κ1) is 13.3. The van der Waals surface area contributed by atoms with Crippen molar-refractivity contribution in [3.63, 3.8) is 0 Å². The molecule has 0 bridgehead atoms. The van der Waals surface area contributed by atoms with Crippen LogP contribution in [0.15, 0.2) is 30.3 Å². The maximum Gasteiger partial charge on any atom is 0.117 e. The highest BCUT2D eigenvalue weighted by molar-refractivity contribution is 5.60. The number of aromatic nitrogens is 3. The number of aryl methyl sites for hydroxylation is 1. The summed E-state index contributed by atoms with van der Waals surface area (Å²) < 4.78 is 0. The largest absolute Gasteiger partial charge is 0.308 e. The topological polar surface area (TPSA) is 42.7 Å². The van der Waals surface area contributed by atoms with E-state index in [2.05, 4.69) is 46.7 Å². The van der Waals surface area contributed by atoms with E-state index in [1.807, 2.05) is 6.07 Å². The van der Waals surface area contributed by atoms with Gasteiger partial charge in [0.1, 0.15) is 11.4 Å². The summed E-state index contributed by atoms with van der Waals surface area (Å²) in [6.07, 6.45) is 5.29. The summed E-state index contributed by atoms with van der Waals surface area (Å²) in [7, 11) is 0. The van der Waals surface area contributed by atoms with Gasteiger partial charge in [-0.3, -0.25) is 0 Å². The molecule has 1 saturated carbocycles. The van der Waals surface area contributed by atoms with E-state index >= 15 is 0 Å². The number of hydrogen-bond acceptors (Lipinski definition) is 3. The summed E-state index contributed by atoms with van der Waals surface area (Å²) >= 11 is 0. The predicted molar refractivity (Wildman–Crippen MR) is 80.2 cm³/mol. The quantitative estimate of drug-likeness (QED) is 0.908. The Morgan fingerprint density at radius 1 is 1.15 bits per heavy atom. The molecule has 0 radical (unpaired) electrons. The zero-order valence-electron chi connectivity index (χ0n) is 12.0. The third kappa shape index (κ3) is 2.90. The van der Waals surface area contributed by atoms with Crippen LogP contribution in [0.1, 0.15) is 38.3 Å². The lowest BCUT2D eigenvalue weighted by Gasteiger charge is -2.10. The van der Waals surface area contributed by atoms with E-state index in [4.69, 9.17) is 0 Å². The monoisotopic (exact) mass is 270 g/mol. The van der Waals surface area contributed by atoms with E-state index in [9.17, 15) is 0 Å². The molecule has 0 aliphatic heterocycles. The van der Waals surface area contributed by atoms with E-state index in [1.54, 1.807) is 4.80 Å². The van der Waals surface area contributed by atoms with Crippen molar-refractivity contribution in [1.29, 1.82) is 0 Å². The highest BCUT2D eigenvalue weighted by Gasteiger charge is 2.17. The van der Waals surface area contributed by atoms with E-state index in [0.29, 0.717) is 6.04 Å². The van der Waals surface area contributed by atoms with Gasteiger partial charge in [-0.1, -0.05) is 43.2 Å². The molecule has 0 unspecified atom stereocenters. The second kappa shape index (κ2) is 6.18. The van der Waals surface area contributed by atoms with Crippen molar-refractivity contribution < 1.29 is 0 Å². The van der Waals surface area contributed by atoms with Gasteiger partial charge in [0.15, 0.2) is 0 Å². The third-order valence-electron chi connectivity index (χ3n) is 3.97. The van der Waals surface area contributed by atoms with Gasteiger partial charge in [-0.2, -0.15) is 15.0 Å². The maximum atomic E-state index is 4.61. The standard InChI is InChI=1S/C16H22N4/c1-2-20-18-15(12-17-14-10-6-7-11-14)16(19-20)13-8-4-3-5-9-13/h3-5,8-9,14,17H,2,6-7,10-12H2,1H3. The predicted octanol–water partition coefficient (Wildman–Crippen LogP) is 3.00. The minimum atomic E-state index is 0.658.